The number of amides is 3. The number of hydrogen-bond acceptors (Lipinski definition) is 6. The third-order valence-electron chi connectivity index (χ3n) is 8.14. The second-order valence-corrected chi connectivity index (χ2v) is 12.4. The zero-order chi connectivity index (χ0) is 25.3. The Morgan fingerprint density at radius 1 is 1.11 bits per heavy atom. The number of aliphatic hydroxyl groups is 1. The highest BCUT2D eigenvalue weighted by Crippen LogP contribution is 2.35. The van der Waals surface area contributed by atoms with Crippen LogP contribution in [-0.4, -0.2) is 84.6 Å². The molecule has 0 aromatic heterocycles. The van der Waals surface area contributed by atoms with Gasteiger partial charge in [0.05, 0.1) is 12.7 Å². The maximum absolute atomic E-state index is 13.5. The smallest absolute Gasteiger partial charge is 0.317 e. The van der Waals surface area contributed by atoms with Gasteiger partial charge in [0.25, 0.3) is 0 Å². The molecule has 1 saturated carbocycles. The van der Waals surface area contributed by atoms with Crippen LogP contribution in [0.2, 0.25) is 0 Å². The molecule has 2 saturated heterocycles. The number of urea groups is 1. The van der Waals surface area contributed by atoms with E-state index in [4.69, 9.17) is 4.74 Å². The molecule has 0 bridgehead atoms. The van der Waals surface area contributed by atoms with Crippen LogP contribution in [0.3, 0.4) is 0 Å². The fourth-order valence-corrected chi connectivity index (χ4v) is 7.76. The number of carbonyl (C=O) groups is 2. The molecule has 3 aliphatic heterocycles. The van der Waals surface area contributed by atoms with Crippen molar-refractivity contribution in [1.82, 2.24) is 19.8 Å². The van der Waals surface area contributed by atoms with Gasteiger partial charge < -0.3 is 25.4 Å². The van der Waals surface area contributed by atoms with Crippen molar-refractivity contribution >= 4 is 22.0 Å². The van der Waals surface area contributed by atoms with Gasteiger partial charge >= 0.3 is 6.03 Å². The minimum absolute atomic E-state index is 0.00190. The Morgan fingerprint density at radius 2 is 1.83 bits per heavy atom. The number of nitrogens with one attached hydrogen (secondary N) is 2. The molecule has 11 heteroatoms. The standard InChI is InChI=1S/C25H36N4O6S/c30-19-16-20-23(31)27-25(10-13-28(14-11-25)24(32)26-18-6-2-1-3-7-18)12-15-35-21-8-4-5-9-22(21)36(33,34)29(20)17-19/h4-5,8-9,18-20,30H,1-3,6-7,10-17H2,(H,26,32)(H,27,31)/t19-,20+/m1/s1. The average Bonchev–Trinajstić information content (AvgIpc) is 3.27. The lowest BCUT2D eigenvalue weighted by Crippen LogP contribution is -2.60. The molecule has 3 amide bonds. The van der Waals surface area contributed by atoms with Crippen LogP contribution < -0.4 is 15.4 Å². The Hall–Kier alpha value is -2.37. The minimum atomic E-state index is -4.05. The van der Waals surface area contributed by atoms with Crippen LogP contribution in [-0.2, 0) is 14.8 Å². The molecule has 10 nitrogen and oxygen atoms in total. The number of likely N-dealkylation sites (tertiary alicyclic amines) is 1. The van der Waals surface area contributed by atoms with E-state index in [1.807, 2.05) is 4.90 Å². The zero-order valence-corrected chi connectivity index (χ0v) is 21.3. The van der Waals surface area contributed by atoms with Crippen molar-refractivity contribution in [3.8, 4) is 5.75 Å². The minimum Gasteiger partial charge on any atom is -0.492 e. The quantitative estimate of drug-likeness (QED) is 0.516. The van der Waals surface area contributed by atoms with Crippen molar-refractivity contribution < 1.29 is 27.9 Å². The number of nitrogens with zero attached hydrogens (tertiary/aromatic N) is 2. The van der Waals surface area contributed by atoms with Crippen molar-refractivity contribution in [2.75, 3.05) is 26.2 Å². The number of carbonyl (C=O) groups excluding carboxylic acids is 2. The number of fused-ring (bicyclic) bond motifs is 2. The monoisotopic (exact) mass is 520 g/mol. The molecule has 0 radical (unpaired) electrons. The van der Waals surface area contributed by atoms with Crippen LogP contribution in [0.1, 0.15) is 57.8 Å². The predicted molar refractivity (Wildman–Crippen MR) is 132 cm³/mol. The maximum Gasteiger partial charge on any atom is 0.317 e. The molecule has 36 heavy (non-hydrogen) atoms. The van der Waals surface area contributed by atoms with Crippen LogP contribution in [0, 0.1) is 0 Å². The van der Waals surface area contributed by atoms with E-state index in [1.54, 1.807) is 18.2 Å². The van der Waals surface area contributed by atoms with Crippen molar-refractivity contribution in [2.24, 2.45) is 0 Å². The Bertz CT molecular complexity index is 1080. The maximum atomic E-state index is 13.5. The summed E-state index contributed by atoms with van der Waals surface area (Å²) in [4.78, 5) is 28.1. The van der Waals surface area contributed by atoms with Gasteiger partial charge in [-0.1, -0.05) is 31.4 Å². The fourth-order valence-electron chi connectivity index (χ4n) is 5.99. The van der Waals surface area contributed by atoms with Crippen molar-refractivity contribution in [2.45, 2.75) is 86.4 Å². The molecule has 2 atom stereocenters. The summed E-state index contributed by atoms with van der Waals surface area (Å²) in [6.45, 7) is 1.07. The van der Waals surface area contributed by atoms with Crippen molar-refractivity contribution in [3.05, 3.63) is 24.3 Å². The van der Waals surface area contributed by atoms with Gasteiger partial charge in [-0.3, -0.25) is 4.79 Å². The second-order valence-electron chi connectivity index (χ2n) is 10.6. The van der Waals surface area contributed by atoms with Crippen LogP contribution in [0.5, 0.6) is 5.75 Å². The van der Waals surface area contributed by atoms with Crippen LogP contribution >= 0.6 is 0 Å². The Morgan fingerprint density at radius 3 is 2.58 bits per heavy atom. The van der Waals surface area contributed by atoms with E-state index in [2.05, 4.69) is 10.6 Å². The first kappa shape index (κ1) is 25.3. The summed E-state index contributed by atoms with van der Waals surface area (Å²) in [5, 5.41) is 16.6. The molecule has 3 heterocycles. The summed E-state index contributed by atoms with van der Waals surface area (Å²) in [6, 6.07) is 5.60. The topological polar surface area (TPSA) is 128 Å². The van der Waals surface area contributed by atoms with E-state index in [-0.39, 0.29) is 42.3 Å². The van der Waals surface area contributed by atoms with Crippen LogP contribution in [0.4, 0.5) is 4.79 Å². The lowest BCUT2D eigenvalue weighted by molar-refractivity contribution is -0.127. The van der Waals surface area contributed by atoms with Crippen molar-refractivity contribution in [1.29, 1.82) is 0 Å². The lowest BCUT2D eigenvalue weighted by Gasteiger charge is -2.43. The van der Waals surface area contributed by atoms with Gasteiger partial charge in [-0.25, -0.2) is 13.2 Å². The van der Waals surface area contributed by atoms with E-state index >= 15 is 0 Å². The second kappa shape index (κ2) is 10.2. The number of benzene rings is 1. The number of sulfonamides is 1. The lowest BCUT2D eigenvalue weighted by atomic mass is 9.84. The highest BCUT2D eigenvalue weighted by Gasteiger charge is 2.47. The SMILES string of the molecule is O=C1NC2(CCOc3ccccc3S(=O)(=O)N3C[C@H](O)C[C@@H]13)CCN(C(=O)NC1CCCCC1)CC2. The third-order valence-corrected chi connectivity index (χ3v) is 10.1. The first-order valence-electron chi connectivity index (χ1n) is 13.1. The summed E-state index contributed by atoms with van der Waals surface area (Å²) in [6.07, 6.45) is 6.25. The molecule has 3 fully saturated rings. The fraction of sp³-hybridized carbons (Fsp3) is 0.680. The highest BCUT2D eigenvalue weighted by molar-refractivity contribution is 7.89. The molecular formula is C25H36N4O6S. The summed E-state index contributed by atoms with van der Waals surface area (Å²) in [5.41, 5.74) is -0.624. The van der Waals surface area contributed by atoms with E-state index in [0.29, 0.717) is 32.4 Å². The summed E-state index contributed by atoms with van der Waals surface area (Å²) in [7, 11) is -4.05. The first-order chi connectivity index (χ1) is 17.3. The summed E-state index contributed by atoms with van der Waals surface area (Å²) in [5.74, 6) is -0.166. The van der Waals surface area contributed by atoms with Crippen LogP contribution in [0.25, 0.3) is 0 Å². The van der Waals surface area contributed by atoms with Gasteiger partial charge in [0, 0.05) is 44.1 Å². The number of aliphatic hydroxyl groups excluding tert-OH is 1. The molecule has 1 aromatic rings. The molecule has 1 aromatic carbocycles. The first-order valence-corrected chi connectivity index (χ1v) is 14.5. The molecule has 4 aliphatic rings. The van der Waals surface area contributed by atoms with E-state index in [0.717, 1.165) is 30.0 Å². The van der Waals surface area contributed by atoms with Gasteiger partial charge in [0.1, 0.15) is 16.7 Å². The molecular weight excluding hydrogens is 484 g/mol. The molecule has 198 valence electrons. The van der Waals surface area contributed by atoms with Crippen molar-refractivity contribution in [3.63, 3.8) is 0 Å². The summed E-state index contributed by atoms with van der Waals surface area (Å²) < 4.78 is 34.0. The zero-order valence-electron chi connectivity index (χ0n) is 20.5. The number of ether oxygens (including phenoxy) is 1. The van der Waals surface area contributed by atoms with Gasteiger partial charge in [-0.05, 0) is 37.8 Å². The molecule has 5 rings (SSSR count). The number of piperidine rings is 1. The molecule has 3 N–H and O–H groups in total. The van der Waals surface area contributed by atoms with Gasteiger partial charge in [-0.15, -0.1) is 0 Å². The largest absolute Gasteiger partial charge is 0.492 e. The van der Waals surface area contributed by atoms with Gasteiger partial charge in [-0.2, -0.15) is 4.31 Å². The van der Waals surface area contributed by atoms with Gasteiger partial charge in [0.2, 0.25) is 15.9 Å². The van der Waals surface area contributed by atoms with E-state index in [1.165, 1.54) is 12.5 Å². The average molecular weight is 521 g/mol. The van der Waals surface area contributed by atoms with Gasteiger partial charge in [0.15, 0.2) is 0 Å². The van der Waals surface area contributed by atoms with E-state index in [9.17, 15) is 23.1 Å². The number of hydrogen-bond donors (Lipinski definition) is 3. The van der Waals surface area contributed by atoms with Crippen LogP contribution in [0.15, 0.2) is 29.2 Å². The predicted octanol–water partition coefficient (Wildman–Crippen LogP) is 1.59. The number of rotatable bonds is 1. The Labute approximate surface area is 212 Å². The Balaban J connectivity index is 1.34. The highest BCUT2D eigenvalue weighted by atomic mass is 32.2. The molecule has 1 spiro atoms. The Kier molecular flexibility index (Phi) is 7.15. The normalized spacial score (nSPS) is 28.8. The number of para-hydroxylation sites is 1. The van der Waals surface area contributed by atoms with E-state index < -0.39 is 33.6 Å². The molecule has 0 unspecified atom stereocenters. The summed E-state index contributed by atoms with van der Waals surface area (Å²) >= 11 is 0. The molecule has 1 aliphatic carbocycles. The third kappa shape index (κ3) is 5.05.